The van der Waals surface area contributed by atoms with Gasteiger partial charge >= 0.3 is 5.97 Å². The second kappa shape index (κ2) is 7.88. The van der Waals surface area contributed by atoms with Crippen LogP contribution in [0, 0.1) is 0 Å². The summed E-state index contributed by atoms with van der Waals surface area (Å²) in [4.78, 5) is 11.6. The van der Waals surface area contributed by atoms with Gasteiger partial charge in [-0.15, -0.1) is 0 Å². The Balaban J connectivity index is 1.87. The maximum atomic E-state index is 11.6. The Morgan fingerprint density at radius 3 is 2.27 bits per heavy atom. The summed E-state index contributed by atoms with van der Waals surface area (Å²) in [6, 6.07) is 16.7. The summed E-state index contributed by atoms with van der Waals surface area (Å²) < 4.78 is 15.8. The quantitative estimate of drug-likeness (QED) is 0.338. The number of ether oxygens (including phenoxy) is 3. The zero-order valence-electron chi connectivity index (χ0n) is 12.5. The molecule has 0 heterocycles. The van der Waals surface area contributed by atoms with E-state index in [9.17, 15) is 4.79 Å². The van der Waals surface area contributed by atoms with Crippen molar-refractivity contribution < 1.29 is 19.0 Å². The van der Waals surface area contributed by atoms with E-state index >= 15 is 0 Å². The topological polar surface area (TPSA) is 44.8 Å². The molecule has 2 aromatic rings. The second-order valence-electron chi connectivity index (χ2n) is 4.49. The monoisotopic (exact) mass is 298 g/mol. The maximum Gasteiger partial charge on any atom is 0.378 e. The lowest BCUT2D eigenvalue weighted by Gasteiger charge is -2.09. The third-order valence-electron chi connectivity index (χ3n) is 2.83. The van der Waals surface area contributed by atoms with Gasteiger partial charge in [0.05, 0.1) is 6.61 Å². The van der Waals surface area contributed by atoms with Gasteiger partial charge in [-0.1, -0.05) is 30.3 Å². The standard InChI is InChI=1S/C18H18O4/c1-3-20-14(2)18(19)22-17-11-9-16(10-12-17)21-13-15-7-5-4-6-8-15/h4-12H,2-3,13H2,1H3. The Morgan fingerprint density at radius 2 is 1.64 bits per heavy atom. The number of benzene rings is 2. The Labute approximate surface area is 129 Å². The summed E-state index contributed by atoms with van der Waals surface area (Å²) >= 11 is 0. The number of esters is 1. The van der Waals surface area contributed by atoms with Crippen LogP contribution in [0.15, 0.2) is 66.9 Å². The fourth-order valence-corrected chi connectivity index (χ4v) is 1.74. The minimum atomic E-state index is -0.597. The molecule has 0 amide bonds. The van der Waals surface area contributed by atoms with Crippen LogP contribution in [0.3, 0.4) is 0 Å². The van der Waals surface area contributed by atoms with E-state index in [0.717, 1.165) is 5.56 Å². The van der Waals surface area contributed by atoms with Crippen molar-refractivity contribution in [1.29, 1.82) is 0 Å². The number of rotatable bonds is 7. The lowest BCUT2D eigenvalue weighted by atomic mass is 10.2. The summed E-state index contributed by atoms with van der Waals surface area (Å²) in [5.41, 5.74) is 1.09. The Bertz CT molecular complexity index is 617. The van der Waals surface area contributed by atoms with Crippen molar-refractivity contribution in [3.05, 3.63) is 72.5 Å². The third kappa shape index (κ3) is 4.66. The Hall–Kier alpha value is -2.75. The highest BCUT2D eigenvalue weighted by Crippen LogP contribution is 2.19. The van der Waals surface area contributed by atoms with Crippen LogP contribution >= 0.6 is 0 Å². The molecule has 22 heavy (non-hydrogen) atoms. The zero-order chi connectivity index (χ0) is 15.8. The number of carbonyl (C=O) groups excluding carboxylic acids is 1. The summed E-state index contributed by atoms with van der Waals surface area (Å²) in [5, 5.41) is 0. The van der Waals surface area contributed by atoms with Gasteiger partial charge < -0.3 is 14.2 Å². The molecule has 0 N–H and O–H groups in total. The van der Waals surface area contributed by atoms with Crippen LogP contribution in [0.2, 0.25) is 0 Å². The molecule has 0 radical (unpaired) electrons. The van der Waals surface area contributed by atoms with Gasteiger partial charge in [-0.05, 0) is 43.3 Å². The molecule has 0 atom stereocenters. The van der Waals surface area contributed by atoms with E-state index in [1.807, 2.05) is 30.3 Å². The van der Waals surface area contributed by atoms with Gasteiger partial charge in [0, 0.05) is 0 Å². The number of hydrogen-bond acceptors (Lipinski definition) is 4. The number of hydrogen-bond donors (Lipinski definition) is 0. The average molecular weight is 298 g/mol. The average Bonchev–Trinajstić information content (AvgIpc) is 2.55. The molecule has 4 nitrogen and oxygen atoms in total. The largest absolute Gasteiger partial charge is 0.489 e. The smallest absolute Gasteiger partial charge is 0.378 e. The van der Waals surface area contributed by atoms with Gasteiger partial charge in [-0.25, -0.2) is 4.79 Å². The van der Waals surface area contributed by atoms with Gasteiger partial charge in [0.1, 0.15) is 18.1 Å². The van der Waals surface area contributed by atoms with E-state index in [4.69, 9.17) is 14.2 Å². The molecule has 0 spiro atoms. The summed E-state index contributed by atoms with van der Waals surface area (Å²) in [6.45, 7) is 6.14. The van der Waals surface area contributed by atoms with E-state index < -0.39 is 5.97 Å². The predicted molar refractivity (Wildman–Crippen MR) is 83.6 cm³/mol. The second-order valence-corrected chi connectivity index (χ2v) is 4.49. The predicted octanol–water partition coefficient (Wildman–Crippen LogP) is 3.72. The minimum absolute atomic E-state index is 0.00750. The molecule has 0 saturated heterocycles. The summed E-state index contributed by atoms with van der Waals surface area (Å²) in [5.74, 6) is 0.511. The highest BCUT2D eigenvalue weighted by Gasteiger charge is 2.10. The molecule has 0 aliphatic rings. The van der Waals surface area contributed by atoms with Crippen molar-refractivity contribution in [3.8, 4) is 11.5 Å². The van der Waals surface area contributed by atoms with Crippen LogP contribution in [0.25, 0.3) is 0 Å². The molecule has 0 saturated carbocycles. The van der Waals surface area contributed by atoms with Crippen LogP contribution in [-0.2, 0) is 16.1 Å². The molecule has 0 bridgehead atoms. The van der Waals surface area contributed by atoms with Crippen LogP contribution in [0.1, 0.15) is 12.5 Å². The van der Waals surface area contributed by atoms with Gasteiger partial charge in [0.2, 0.25) is 0 Å². The highest BCUT2D eigenvalue weighted by molar-refractivity contribution is 5.87. The van der Waals surface area contributed by atoms with Crippen molar-refractivity contribution in [1.82, 2.24) is 0 Å². The summed E-state index contributed by atoms with van der Waals surface area (Å²) in [7, 11) is 0. The first kappa shape index (κ1) is 15.6. The molecule has 2 rings (SSSR count). The first-order valence-corrected chi connectivity index (χ1v) is 6.99. The van der Waals surface area contributed by atoms with E-state index in [1.165, 1.54) is 0 Å². The van der Waals surface area contributed by atoms with Gasteiger partial charge in [0.15, 0.2) is 5.76 Å². The molecular weight excluding hydrogens is 280 g/mol. The normalized spacial score (nSPS) is 9.86. The minimum Gasteiger partial charge on any atom is -0.489 e. The van der Waals surface area contributed by atoms with Crippen molar-refractivity contribution in [2.75, 3.05) is 6.61 Å². The molecule has 114 valence electrons. The summed E-state index contributed by atoms with van der Waals surface area (Å²) in [6.07, 6.45) is 0. The lowest BCUT2D eigenvalue weighted by Crippen LogP contribution is -2.12. The first-order chi connectivity index (χ1) is 10.7. The van der Waals surface area contributed by atoms with Crippen molar-refractivity contribution >= 4 is 5.97 Å². The van der Waals surface area contributed by atoms with Gasteiger partial charge in [-0.2, -0.15) is 0 Å². The van der Waals surface area contributed by atoms with Crippen molar-refractivity contribution in [3.63, 3.8) is 0 Å². The van der Waals surface area contributed by atoms with Crippen molar-refractivity contribution in [2.24, 2.45) is 0 Å². The fourth-order valence-electron chi connectivity index (χ4n) is 1.74. The first-order valence-electron chi connectivity index (χ1n) is 6.99. The lowest BCUT2D eigenvalue weighted by molar-refractivity contribution is -0.133. The van der Waals surface area contributed by atoms with Gasteiger partial charge in [-0.3, -0.25) is 0 Å². The molecule has 0 fully saturated rings. The molecule has 0 aromatic heterocycles. The fraction of sp³-hybridized carbons (Fsp3) is 0.167. The SMILES string of the molecule is C=C(OCC)C(=O)Oc1ccc(OCc2ccccc2)cc1. The highest BCUT2D eigenvalue weighted by atomic mass is 16.6. The molecule has 0 aliphatic heterocycles. The zero-order valence-corrected chi connectivity index (χ0v) is 12.5. The maximum absolute atomic E-state index is 11.6. The van der Waals surface area contributed by atoms with Crippen LogP contribution in [0.4, 0.5) is 0 Å². The van der Waals surface area contributed by atoms with E-state index in [1.54, 1.807) is 31.2 Å². The molecule has 2 aromatic carbocycles. The van der Waals surface area contributed by atoms with E-state index in [-0.39, 0.29) is 5.76 Å². The van der Waals surface area contributed by atoms with Crippen LogP contribution < -0.4 is 9.47 Å². The van der Waals surface area contributed by atoms with Gasteiger partial charge in [0.25, 0.3) is 0 Å². The molecule has 4 heteroatoms. The van der Waals surface area contributed by atoms with Crippen LogP contribution in [-0.4, -0.2) is 12.6 Å². The van der Waals surface area contributed by atoms with Crippen molar-refractivity contribution in [2.45, 2.75) is 13.5 Å². The number of carbonyl (C=O) groups is 1. The molecule has 0 unspecified atom stereocenters. The molecule has 0 aliphatic carbocycles. The Kier molecular flexibility index (Phi) is 5.60. The third-order valence-corrected chi connectivity index (χ3v) is 2.83. The Morgan fingerprint density at radius 1 is 1.00 bits per heavy atom. The molecular formula is C18H18O4. The van der Waals surface area contributed by atoms with Crippen LogP contribution in [0.5, 0.6) is 11.5 Å². The van der Waals surface area contributed by atoms with E-state index in [0.29, 0.717) is 24.7 Å². The van der Waals surface area contributed by atoms with E-state index in [2.05, 4.69) is 6.58 Å².